The molecule has 0 saturated carbocycles. The maximum Gasteiger partial charge on any atom is 0.410 e. The molecule has 0 bridgehead atoms. The van der Waals surface area contributed by atoms with Crippen LogP contribution >= 0.6 is 23.4 Å². The van der Waals surface area contributed by atoms with Crippen molar-refractivity contribution in [2.24, 2.45) is 0 Å². The summed E-state index contributed by atoms with van der Waals surface area (Å²) in [7, 11) is 1.66. The first-order valence-electron chi connectivity index (χ1n) is 12.1. The van der Waals surface area contributed by atoms with E-state index in [1.54, 1.807) is 7.11 Å². The van der Waals surface area contributed by atoms with Gasteiger partial charge in [0, 0.05) is 42.1 Å². The van der Waals surface area contributed by atoms with Crippen molar-refractivity contribution in [2.75, 3.05) is 37.4 Å². The van der Waals surface area contributed by atoms with Crippen molar-refractivity contribution in [1.82, 2.24) is 4.90 Å². The normalized spacial score (nSPS) is 21.9. The van der Waals surface area contributed by atoms with Crippen LogP contribution in [0.2, 0.25) is 5.02 Å². The Labute approximate surface area is 211 Å². The Hall–Kier alpha value is -2.05. The average molecular weight is 501 g/mol. The number of hydrogen-bond donors (Lipinski definition) is 0. The molecule has 3 heterocycles. The molecule has 2 atom stereocenters. The Morgan fingerprint density at radius 1 is 1.12 bits per heavy atom. The number of anilines is 1. The van der Waals surface area contributed by atoms with E-state index < -0.39 is 5.60 Å². The lowest BCUT2D eigenvalue weighted by atomic mass is 9.89. The van der Waals surface area contributed by atoms with Crippen LogP contribution in [0.4, 0.5) is 10.5 Å². The zero-order chi connectivity index (χ0) is 24.0. The summed E-state index contributed by atoms with van der Waals surface area (Å²) in [5.74, 6) is 2.28. The molecule has 0 aliphatic carbocycles. The van der Waals surface area contributed by atoms with E-state index in [0.717, 1.165) is 61.5 Å². The van der Waals surface area contributed by atoms with Crippen LogP contribution in [0.25, 0.3) is 11.1 Å². The van der Waals surface area contributed by atoms with E-state index in [4.69, 9.17) is 21.1 Å². The third kappa shape index (κ3) is 4.47. The van der Waals surface area contributed by atoms with Crippen LogP contribution in [-0.4, -0.2) is 55.1 Å². The number of benzene rings is 2. The maximum atomic E-state index is 12.8. The minimum absolute atomic E-state index is 0.196. The second-order valence-corrected chi connectivity index (χ2v) is 11.9. The number of amides is 1. The highest BCUT2D eigenvalue weighted by Crippen LogP contribution is 2.52. The molecule has 0 radical (unpaired) electrons. The van der Waals surface area contributed by atoms with E-state index in [1.807, 2.05) is 49.6 Å². The fourth-order valence-electron chi connectivity index (χ4n) is 5.54. The van der Waals surface area contributed by atoms with Crippen molar-refractivity contribution in [3.05, 3.63) is 40.9 Å². The van der Waals surface area contributed by atoms with Gasteiger partial charge < -0.3 is 19.3 Å². The molecule has 0 N–H and O–H groups in total. The van der Waals surface area contributed by atoms with Crippen molar-refractivity contribution in [3.63, 3.8) is 0 Å². The molecule has 0 aromatic heterocycles. The quantitative estimate of drug-likeness (QED) is 0.452. The number of likely N-dealkylation sites (tertiary alicyclic amines) is 1. The van der Waals surface area contributed by atoms with Crippen molar-refractivity contribution >= 4 is 35.1 Å². The van der Waals surface area contributed by atoms with Crippen LogP contribution in [-0.2, 0) is 4.74 Å². The van der Waals surface area contributed by atoms with Gasteiger partial charge in [-0.15, -0.1) is 11.8 Å². The first kappa shape index (κ1) is 23.7. The number of halogens is 1. The Morgan fingerprint density at radius 2 is 1.91 bits per heavy atom. The molecule has 3 aliphatic rings. The standard InChI is InChI=1S/C27H33ClN2O3S/c1-27(2,3)33-26(31)29-11-8-20-21-14-17(19-7-6-18(32-4)16-22(19)28)15-24-25(21)30(10-5-13-34-24)23(20)9-12-29/h6-7,14-16,20,23H,5,8-13H2,1-4H3. The zero-order valence-electron chi connectivity index (χ0n) is 20.4. The third-order valence-electron chi connectivity index (χ3n) is 7.00. The second-order valence-electron chi connectivity index (χ2n) is 10.4. The molecule has 34 heavy (non-hydrogen) atoms. The van der Waals surface area contributed by atoms with Crippen molar-refractivity contribution in [1.29, 1.82) is 0 Å². The van der Waals surface area contributed by atoms with E-state index in [-0.39, 0.29) is 6.09 Å². The van der Waals surface area contributed by atoms with Gasteiger partial charge in [-0.3, -0.25) is 0 Å². The summed E-state index contributed by atoms with van der Waals surface area (Å²) in [6, 6.07) is 11.0. The van der Waals surface area contributed by atoms with Gasteiger partial charge in [-0.05, 0) is 87.2 Å². The molecular weight excluding hydrogens is 468 g/mol. The molecule has 2 aromatic rings. The number of fused-ring (bicyclic) bond motifs is 3. The SMILES string of the molecule is COc1ccc(-c2cc3c4c(c2)C2CCN(C(=O)OC(C)(C)C)CCC2N4CCCS3)c(Cl)c1. The highest BCUT2D eigenvalue weighted by molar-refractivity contribution is 7.99. The van der Waals surface area contributed by atoms with Crippen LogP contribution in [0, 0.1) is 0 Å². The number of thioether (sulfide) groups is 1. The van der Waals surface area contributed by atoms with Crippen LogP contribution in [0.15, 0.2) is 35.2 Å². The van der Waals surface area contributed by atoms with E-state index >= 15 is 0 Å². The smallest absolute Gasteiger partial charge is 0.410 e. The minimum atomic E-state index is -0.477. The summed E-state index contributed by atoms with van der Waals surface area (Å²) in [6.07, 6.45) is 2.87. The van der Waals surface area contributed by atoms with E-state index in [9.17, 15) is 4.79 Å². The number of hydrogen-bond acceptors (Lipinski definition) is 5. The van der Waals surface area contributed by atoms with Crippen LogP contribution in [0.5, 0.6) is 5.75 Å². The maximum absolute atomic E-state index is 12.8. The van der Waals surface area contributed by atoms with Gasteiger partial charge in [0.1, 0.15) is 11.4 Å². The Bertz CT molecular complexity index is 1100. The molecule has 5 rings (SSSR count). The van der Waals surface area contributed by atoms with Crippen molar-refractivity contribution in [2.45, 2.75) is 62.5 Å². The van der Waals surface area contributed by atoms with Gasteiger partial charge in [0.05, 0.1) is 17.8 Å². The Morgan fingerprint density at radius 3 is 2.65 bits per heavy atom. The second kappa shape index (κ2) is 9.19. The molecule has 1 fully saturated rings. The summed E-state index contributed by atoms with van der Waals surface area (Å²) in [5.41, 5.74) is 4.53. The zero-order valence-corrected chi connectivity index (χ0v) is 22.0. The first-order chi connectivity index (χ1) is 16.2. The number of carbonyl (C=O) groups is 1. The number of rotatable bonds is 2. The molecule has 182 valence electrons. The molecule has 2 unspecified atom stereocenters. The largest absolute Gasteiger partial charge is 0.497 e. The summed E-state index contributed by atoms with van der Waals surface area (Å²) in [5, 5.41) is 0.702. The highest BCUT2D eigenvalue weighted by Gasteiger charge is 2.43. The summed E-state index contributed by atoms with van der Waals surface area (Å²) < 4.78 is 11.0. The number of methoxy groups -OCH3 is 1. The van der Waals surface area contributed by atoms with Crippen molar-refractivity contribution in [3.8, 4) is 16.9 Å². The topological polar surface area (TPSA) is 42.0 Å². The summed E-state index contributed by atoms with van der Waals surface area (Å²) in [6.45, 7) is 8.31. The first-order valence-corrected chi connectivity index (χ1v) is 13.5. The van der Waals surface area contributed by atoms with Gasteiger partial charge in [-0.2, -0.15) is 0 Å². The third-order valence-corrected chi connectivity index (χ3v) is 8.43. The van der Waals surface area contributed by atoms with E-state index in [2.05, 4.69) is 23.1 Å². The lowest BCUT2D eigenvalue weighted by molar-refractivity contribution is 0.0255. The number of carbonyl (C=O) groups excluding carboxylic acids is 1. The Kier molecular flexibility index (Phi) is 6.40. The van der Waals surface area contributed by atoms with Gasteiger partial charge in [-0.1, -0.05) is 11.6 Å². The molecule has 2 aromatic carbocycles. The predicted molar refractivity (Wildman–Crippen MR) is 140 cm³/mol. The average Bonchev–Trinajstić information content (AvgIpc) is 2.96. The molecule has 7 heteroatoms. The van der Waals surface area contributed by atoms with E-state index in [0.29, 0.717) is 17.0 Å². The van der Waals surface area contributed by atoms with E-state index in [1.165, 1.54) is 16.1 Å². The van der Waals surface area contributed by atoms with Crippen LogP contribution in [0.1, 0.15) is 51.5 Å². The molecule has 1 saturated heterocycles. The fourth-order valence-corrected chi connectivity index (χ4v) is 6.89. The molecule has 5 nitrogen and oxygen atoms in total. The molecule has 1 amide bonds. The molecule has 0 spiro atoms. The lowest BCUT2D eigenvalue weighted by Gasteiger charge is -2.29. The molecule has 3 aliphatic heterocycles. The fraction of sp³-hybridized carbons (Fsp3) is 0.519. The predicted octanol–water partition coefficient (Wildman–Crippen LogP) is 6.81. The summed E-state index contributed by atoms with van der Waals surface area (Å²) in [4.78, 5) is 18.7. The Balaban J connectivity index is 1.50. The van der Waals surface area contributed by atoms with Gasteiger partial charge in [0.25, 0.3) is 0 Å². The van der Waals surface area contributed by atoms with Gasteiger partial charge in [-0.25, -0.2) is 4.79 Å². The van der Waals surface area contributed by atoms with Gasteiger partial charge >= 0.3 is 6.09 Å². The van der Waals surface area contributed by atoms with Gasteiger partial charge in [0.15, 0.2) is 0 Å². The molecular formula is C27H33ClN2O3S. The van der Waals surface area contributed by atoms with Crippen LogP contribution in [0.3, 0.4) is 0 Å². The highest BCUT2D eigenvalue weighted by atomic mass is 35.5. The van der Waals surface area contributed by atoms with Crippen LogP contribution < -0.4 is 9.64 Å². The monoisotopic (exact) mass is 500 g/mol. The number of nitrogens with zero attached hydrogens (tertiary/aromatic N) is 2. The minimum Gasteiger partial charge on any atom is -0.497 e. The summed E-state index contributed by atoms with van der Waals surface area (Å²) >= 11 is 8.64. The number of ether oxygens (including phenoxy) is 2. The van der Waals surface area contributed by atoms with Gasteiger partial charge in [0.2, 0.25) is 0 Å². The lowest BCUT2D eigenvalue weighted by Crippen LogP contribution is -2.39. The van der Waals surface area contributed by atoms with Crippen molar-refractivity contribution < 1.29 is 14.3 Å².